The number of carbonyl (C=O) groups excluding carboxylic acids is 2. The lowest BCUT2D eigenvalue weighted by Crippen LogP contribution is -2.51. The SMILES string of the molecule is COc1ccc(CNC(=O)CN2C3CCCC2CC(=O)NC3)cc1. The maximum Gasteiger partial charge on any atom is 0.234 e. The number of methoxy groups -OCH3 is 1. The Hall–Kier alpha value is -2.08. The lowest BCUT2D eigenvalue weighted by molar-refractivity contribution is -0.125. The average Bonchev–Trinajstić information content (AvgIpc) is 2.68. The van der Waals surface area contributed by atoms with Gasteiger partial charge in [-0.25, -0.2) is 0 Å². The number of hydrogen-bond acceptors (Lipinski definition) is 4. The Kier molecular flexibility index (Phi) is 5.35. The molecule has 2 saturated heterocycles. The normalized spacial score (nSPS) is 24.0. The molecule has 2 unspecified atom stereocenters. The zero-order chi connectivity index (χ0) is 16.9. The molecular formula is C18H25N3O3. The average molecular weight is 331 g/mol. The van der Waals surface area contributed by atoms with E-state index in [1.165, 1.54) is 0 Å². The minimum Gasteiger partial charge on any atom is -0.497 e. The van der Waals surface area contributed by atoms with Crippen LogP contribution in [-0.4, -0.2) is 49.0 Å². The lowest BCUT2D eigenvalue weighted by atomic mass is 9.94. The minimum absolute atomic E-state index is 0.0112. The number of fused-ring (bicyclic) bond motifs is 2. The largest absolute Gasteiger partial charge is 0.497 e. The minimum atomic E-state index is 0.0112. The van der Waals surface area contributed by atoms with Gasteiger partial charge in [-0.15, -0.1) is 0 Å². The number of nitrogens with zero attached hydrogens (tertiary/aromatic N) is 1. The number of piperidine rings is 1. The van der Waals surface area contributed by atoms with E-state index in [4.69, 9.17) is 4.74 Å². The van der Waals surface area contributed by atoms with Crippen molar-refractivity contribution in [3.05, 3.63) is 29.8 Å². The van der Waals surface area contributed by atoms with E-state index in [-0.39, 0.29) is 23.9 Å². The Morgan fingerprint density at radius 2 is 2.04 bits per heavy atom. The number of benzene rings is 1. The van der Waals surface area contributed by atoms with Crippen LogP contribution in [0.25, 0.3) is 0 Å². The predicted molar refractivity (Wildman–Crippen MR) is 90.6 cm³/mol. The molecule has 2 aliphatic rings. The molecule has 6 heteroatoms. The van der Waals surface area contributed by atoms with Crippen LogP contribution in [0.1, 0.15) is 31.2 Å². The number of hydrogen-bond donors (Lipinski definition) is 2. The molecule has 2 heterocycles. The highest BCUT2D eigenvalue weighted by atomic mass is 16.5. The topological polar surface area (TPSA) is 70.7 Å². The summed E-state index contributed by atoms with van der Waals surface area (Å²) in [6.07, 6.45) is 3.68. The fourth-order valence-corrected chi connectivity index (χ4v) is 3.60. The van der Waals surface area contributed by atoms with Gasteiger partial charge in [0.15, 0.2) is 0 Å². The zero-order valence-electron chi connectivity index (χ0n) is 14.1. The third-order valence-corrected chi connectivity index (χ3v) is 4.94. The Balaban J connectivity index is 1.54. The van der Waals surface area contributed by atoms with Crippen LogP contribution in [-0.2, 0) is 16.1 Å². The second-order valence-electron chi connectivity index (χ2n) is 6.54. The van der Waals surface area contributed by atoms with Crippen LogP contribution in [0, 0.1) is 0 Å². The first kappa shape index (κ1) is 16.8. The van der Waals surface area contributed by atoms with Crippen LogP contribution in [0.5, 0.6) is 5.75 Å². The van der Waals surface area contributed by atoms with Crippen molar-refractivity contribution in [3.63, 3.8) is 0 Å². The van der Waals surface area contributed by atoms with Gasteiger partial charge in [0.2, 0.25) is 11.8 Å². The number of carbonyl (C=O) groups is 2. The van der Waals surface area contributed by atoms with Gasteiger partial charge in [-0.2, -0.15) is 0 Å². The first-order valence-corrected chi connectivity index (χ1v) is 8.58. The number of amides is 2. The summed E-state index contributed by atoms with van der Waals surface area (Å²) in [5, 5.41) is 5.94. The third kappa shape index (κ3) is 4.06. The van der Waals surface area contributed by atoms with Gasteiger partial charge in [0.25, 0.3) is 0 Å². The van der Waals surface area contributed by atoms with Crippen molar-refractivity contribution in [2.45, 2.75) is 44.3 Å². The predicted octanol–water partition coefficient (Wildman–Crippen LogP) is 1.05. The molecule has 130 valence electrons. The van der Waals surface area contributed by atoms with Crippen LogP contribution in [0.4, 0.5) is 0 Å². The molecule has 3 rings (SSSR count). The first-order valence-electron chi connectivity index (χ1n) is 8.58. The molecule has 0 spiro atoms. The highest BCUT2D eigenvalue weighted by Gasteiger charge is 2.35. The van der Waals surface area contributed by atoms with Crippen LogP contribution in [0.15, 0.2) is 24.3 Å². The molecule has 0 radical (unpaired) electrons. The highest BCUT2D eigenvalue weighted by Crippen LogP contribution is 2.26. The van der Waals surface area contributed by atoms with Crippen molar-refractivity contribution >= 4 is 11.8 Å². The van der Waals surface area contributed by atoms with Crippen molar-refractivity contribution in [3.8, 4) is 5.75 Å². The summed E-state index contributed by atoms with van der Waals surface area (Å²) in [4.78, 5) is 26.3. The Morgan fingerprint density at radius 1 is 1.29 bits per heavy atom. The van der Waals surface area contributed by atoms with Gasteiger partial charge in [-0.1, -0.05) is 18.6 Å². The number of ether oxygens (including phenoxy) is 1. The van der Waals surface area contributed by atoms with Gasteiger partial charge < -0.3 is 15.4 Å². The van der Waals surface area contributed by atoms with Gasteiger partial charge in [0.1, 0.15) is 5.75 Å². The maximum atomic E-state index is 12.3. The molecule has 1 aromatic carbocycles. The molecular weight excluding hydrogens is 306 g/mol. The van der Waals surface area contributed by atoms with E-state index in [0.717, 1.165) is 30.6 Å². The molecule has 1 aromatic rings. The standard InChI is InChI=1S/C18H25N3O3/c1-24-16-7-5-13(6-8-16)10-19-18(23)12-21-14-3-2-4-15(21)11-20-17(22)9-14/h5-8,14-15H,2-4,9-12H2,1H3,(H,19,23)(H,20,22). The van der Waals surface area contributed by atoms with Crippen molar-refractivity contribution in [1.82, 2.24) is 15.5 Å². The van der Waals surface area contributed by atoms with Crippen molar-refractivity contribution < 1.29 is 14.3 Å². The monoisotopic (exact) mass is 331 g/mol. The number of rotatable bonds is 5. The van der Waals surface area contributed by atoms with E-state index in [0.29, 0.717) is 26.1 Å². The van der Waals surface area contributed by atoms with E-state index >= 15 is 0 Å². The van der Waals surface area contributed by atoms with Crippen molar-refractivity contribution in [2.24, 2.45) is 0 Å². The van der Waals surface area contributed by atoms with Gasteiger partial charge in [0, 0.05) is 31.6 Å². The Bertz CT molecular complexity index is 588. The molecule has 0 aromatic heterocycles. The van der Waals surface area contributed by atoms with E-state index in [9.17, 15) is 9.59 Å². The Labute approximate surface area is 142 Å². The summed E-state index contributed by atoms with van der Waals surface area (Å²) in [5.74, 6) is 0.921. The maximum absolute atomic E-state index is 12.3. The third-order valence-electron chi connectivity index (χ3n) is 4.94. The van der Waals surface area contributed by atoms with Gasteiger partial charge in [0.05, 0.1) is 13.7 Å². The fourth-order valence-electron chi connectivity index (χ4n) is 3.60. The summed E-state index contributed by atoms with van der Waals surface area (Å²) in [7, 11) is 1.63. The highest BCUT2D eigenvalue weighted by molar-refractivity contribution is 5.79. The summed E-state index contributed by atoms with van der Waals surface area (Å²) >= 11 is 0. The molecule has 2 amide bonds. The van der Waals surface area contributed by atoms with Crippen LogP contribution in [0.3, 0.4) is 0 Å². The Morgan fingerprint density at radius 3 is 2.79 bits per heavy atom. The summed E-state index contributed by atoms with van der Waals surface area (Å²) in [6.45, 7) is 1.52. The number of nitrogens with one attached hydrogen (secondary N) is 2. The summed E-state index contributed by atoms with van der Waals surface area (Å²) in [5.41, 5.74) is 1.04. The summed E-state index contributed by atoms with van der Waals surface area (Å²) in [6, 6.07) is 8.14. The molecule has 0 saturated carbocycles. The molecule has 2 fully saturated rings. The molecule has 2 aliphatic heterocycles. The van der Waals surface area contributed by atoms with Crippen molar-refractivity contribution in [2.75, 3.05) is 20.2 Å². The van der Waals surface area contributed by atoms with E-state index in [1.54, 1.807) is 7.11 Å². The second kappa shape index (κ2) is 7.66. The summed E-state index contributed by atoms with van der Waals surface area (Å²) < 4.78 is 5.13. The molecule has 6 nitrogen and oxygen atoms in total. The molecule has 2 N–H and O–H groups in total. The van der Waals surface area contributed by atoms with E-state index in [1.807, 2.05) is 24.3 Å². The fraction of sp³-hybridized carbons (Fsp3) is 0.556. The van der Waals surface area contributed by atoms with Crippen LogP contribution < -0.4 is 15.4 Å². The first-order chi connectivity index (χ1) is 11.7. The molecule has 24 heavy (non-hydrogen) atoms. The van der Waals surface area contributed by atoms with Crippen LogP contribution in [0.2, 0.25) is 0 Å². The molecule has 0 aliphatic carbocycles. The van der Waals surface area contributed by atoms with E-state index < -0.39 is 0 Å². The van der Waals surface area contributed by atoms with Gasteiger partial charge >= 0.3 is 0 Å². The van der Waals surface area contributed by atoms with Gasteiger partial charge in [-0.05, 0) is 30.5 Å². The smallest absolute Gasteiger partial charge is 0.234 e. The van der Waals surface area contributed by atoms with E-state index in [2.05, 4.69) is 15.5 Å². The second-order valence-corrected chi connectivity index (χ2v) is 6.54. The molecule has 2 atom stereocenters. The zero-order valence-corrected chi connectivity index (χ0v) is 14.1. The van der Waals surface area contributed by atoms with Crippen molar-refractivity contribution in [1.29, 1.82) is 0 Å². The lowest BCUT2D eigenvalue weighted by Gasteiger charge is -2.39. The quantitative estimate of drug-likeness (QED) is 0.846. The van der Waals surface area contributed by atoms with Gasteiger partial charge in [-0.3, -0.25) is 14.5 Å². The van der Waals surface area contributed by atoms with Crippen LogP contribution >= 0.6 is 0 Å². The molecule has 2 bridgehead atoms.